The van der Waals surface area contributed by atoms with Gasteiger partial charge in [-0.15, -0.1) is 0 Å². The second-order valence-corrected chi connectivity index (χ2v) is 6.16. The summed E-state index contributed by atoms with van der Waals surface area (Å²) in [5.74, 6) is -0.281. The van der Waals surface area contributed by atoms with Crippen LogP contribution in [-0.2, 0) is 17.9 Å². The molecule has 2 unspecified atom stereocenters. The summed E-state index contributed by atoms with van der Waals surface area (Å²) in [4.78, 5) is 14.0. The van der Waals surface area contributed by atoms with Crippen LogP contribution in [0.4, 0.5) is 0 Å². The molecule has 2 atom stereocenters. The number of carbonyl (C=O) groups excluding carboxylic acids is 1. The first-order chi connectivity index (χ1) is 11.1. The molecule has 0 saturated carbocycles. The molecule has 1 aliphatic rings. The third-order valence-corrected chi connectivity index (χ3v) is 4.61. The van der Waals surface area contributed by atoms with E-state index < -0.39 is 5.60 Å². The normalized spacial score (nSPS) is 21.6. The Balaban J connectivity index is 1.82. The van der Waals surface area contributed by atoms with E-state index in [9.17, 15) is 9.90 Å². The van der Waals surface area contributed by atoms with Crippen molar-refractivity contribution in [3.05, 3.63) is 71.8 Å². The molecule has 4 nitrogen and oxygen atoms in total. The maximum atomic E-state index is 11.8. The molecule has 4 heteroatoms. The van der Waals surface area contributed by atoms with Gasteiger partial charge in [0.15, 0.2) is 5.60 Å². The van der Waals surface area contributed by atoms with Gasteiger partial charge in [-0.2, -0.15) is 0 Å². The van der Waals surface area contributed by atoms with E-state index in [1.807, 2.05) is 43.3 Å². The van der Waals surface area contributed by atoms with Gasteiger partial charge < -0.3 is 10.4 Å². The molecule has 0 radical (unpaired) electrons. The van der Waals surface area contributed by atoms with Gasteiger partial charge in [-0.05, 0) is 18.1 Å². The average molecular weight is 310 g/mol. The molecule has 120 valence electrons. The zero-order valence-corrected chi connectivity index (χ0v) is 13.3. The van der Waals surface area contributed by atoms with Gasteiger partial charge in [0.2, 0.25) is 0 Å². The fourth-order valence-electron chi connectivity index (χ4n) is 2.95. The third kappa shape index (κ3) is 3.28. The van der Waals surface area contributed by atoms with Gasteiger partial charge in [0.05, 0.1) is 6.54 Å². The van der Waals surface area contributed by atoms with Crippen molar-refractivity contribution >= 4 is 5.91 Å². The van der Waals surface area contributed by atoms with Crippen LogP contribution in [0.1, 0.15) is 18.1 Å². The number of amides is 1. The van der Waals surface area contributed by atoms with Crippen molar-refractivity contribution in [2.45, 2.75) is 31.7 Å². The molecule has 3 rings (SSSR count). The highest BCUT2D eigenvalue weighted by Gasteiger charge is 2.50. The van der Waals surface area contributed by atoms with Crippen LogP contribution in [0.2, 0.25) is 0 Å². The molecule has 0 aromatic heterocycles. The maximum Gasteiger partial charge on any atom is 0.255 e. The molecule has 23 heavy (non-hydrogen) atoms. The largest absolute Gasteiger partial charge is 0.377 e. The van der Waals surface area contributed by atoms with E-state index in [1.54, 1.807) is 0 Å². The fraction of sp³-hybridized carbons (Fsp3) is 0.316. The standard InChI is InChI=1S/C19H22N2O2/c1-15(19(23)14-20-18(19)22)21(12-16-8-4-2-5-9-16)13-17-10-6-3-7-11-17/h2-11,15,23H,12-14H2,1H3,(H,20,22). The molecule has 2 N–H and O–H groups in total. The van der Waals surface area contributed by atoms with E-state index in [0.717, 1.165) is 0 Å². The summed E-state index contributed by atoms with van der Waals surface area (Å²) in [6, 6.07) is 20.0. The molecule has 1 amide bonds. The Hall–Kier alpha value is -2.17. The number of hydrogen-bond acceptors (Lipinski definition) is 3. The molecular weight excluding hydrogens is 288 g/mol. The van der Waals surface area contributed by atoms with Gasteiger partial charge in [0, 0.05) is 19.1 Å². The highest BCUT2D eigenvalue weighted by atomic mass is 16.3. The van der Waals surface area contributed by atoms with E-state index in [1.165, 1.54) is 11.1 Å². The Morgan fingerprint density at radius 3 is 1.87 bits per heavy atom. The SMILES string of the molecule is CC(N(Cc1ccccc1)Cc1ccccc1)C1(O)CNC1=O. The number of nitrogens with one attached hydrogen (secondary N) is 1. The summed E-state index contributed by atoms with van der Waals surface area (Å²) in [7, 11) is 0. The van der Waals surface area contributed by atoms with Crippen molar-refractivity contribution in [3.63, 3.8) is 0 Å². The number of aliphatic hydroxyl groups is 1. The number of rotatable bonds is 6. The van der Waals surface area contributed by atoms with Crippen LogP contribution in [0, 0.1) is 0 Å². The van der Waals surface area contributed by atoms with E-state index in [0.29, 0.717) is 19.6 Å². The molecule has 1 heterocycles. The Morgan fingerprint density at radius 1 is 1.04 bits per heavy atom. The van der Waals surface area contributed by atoms with Crippen LogP contribution in [0.25, 0.3) is 0 Å². The smallest absolute Gasteiger partial charge is 0.255 e. The molecule has 1 aliphatic heterocycles. The molecule has 2 aromatic carbocycles. The molecule has 0 spiro atoms. The van der Waals surface area contributed by atoms with Crippen molar-refractivity contribution in [1.29, 1.82) is 0 Å². The summed E-state index contributed by atoms with van der Waals surface area (Å²) < 4.78 is 0. The lowest BCUT2D eigenvalue weighted by Gasteiger charge is -2.45. The first-order valence-electron chi connectivity index (χ1n) is 7.92. The summed E-state index contributed by atoms with van der Waals surface area (Å²) in [5, 5.41) is 13.3. The zero-order valence-electron chi connectivity index (χ0n) is 13.3. The second-order valence-electron chi connectivity index (χ2n) is 6.16. The summed E-state index contributed by atoms with van der Waals surface area (Å²) in [6.45, 7) is 3.61. The molecular formula is C19H22N2O2. The summed E-state index contributed by atoms with van der Waals surface area (Å²) in [5.41, 5.74) is 1.03. The Morgan fingerprint density at radius 2 is 1.52 bits per heavy atom. The maximum absolute atomic E-state index is 11.8. The second kappa shape index (κ2) is 6.52. The zero-order chi connectivity index (χ0) is 16.3. The molecule has 1 saturated heterocycles. The highest BCUT2D eigenvalue weighted by Crippen LogP contribution is 2.25. The monoisotopic (exact) mass is 310 g/mol. The number of β-lactam (4-membered cyclic amide) rings is 1. The van der Waals surface area contributed by atoms with Gasteiger partial charge in [-0.1, -0.05) is 60.7 Å². The quantitative estimate of drug-likeness (QED) is 0.802. The number of β-amino-alcohol motifs (C(OH)–C–C–N with tert-alkyl or cyclic N) is 1. The van der Waals surface area contributed by atoms with Crippen LogP contribution >= 0.6 is 0 Å². The minimum Gasteiger partial charge on any atom is -0.377 e. The lowest BCUT2D eigenvalue weighted by Crippen LogP contribution is -2.72. The third-order valence-electron chi connectivity index (χ3n) is 4.61. The van der Waals surface area contributed by atoms with Crippen LogP contribution in [0.5, 0.6) is 0 Å². The lowest BCUT2D eigenvalue weighted by atomic mass is 9.86. The molecule has 2 aromatic rings. The predicted molar refractivity (Wildman–Crippen MR) is 89.6 cm³/mol. The van der Waals surface area contributed by atoms with Gasteiger partial charge >= 0.3 is 0 Å². The summed E-state index contributed by atoms with van der Waals surface area (Å²) in [6.07, 6.45) is 0. The van der Waals surface area contributed by atoms with Crippen molar-refractivity contribution < 1.29 is 9.90 Å². The number of hydrogen-bond donors (Lipinski definition) is 2. The molecule has 0 aliphatic carbocycles. The first-order valence-corrected chi connectivity index (χ1v) is 7.92. The van der Waals surface area contributed by atoms with Crippen molar-refractivity contribution in [2.75, 3.05) is 6.54 Å². The Labute approximate surface area is 136 Å². The minimum absolute atomic E-state index is 0.267. The predicted octanol–water partition coefficient (Wildman–Crippen LogP) is 1.94. The highest BCUT2D eigenvalue weighted by molar-refractivity contribution is 5.92. The fourth-order valence-corrected chi connectivity index (χ4v) is 2.95. The topological polar surface area (TPSA) is 52.6 Å². The average Bonchev–Trinajstić information content (AvgIpc) is 2.60. The van der Waals surface area contributed by atoms with Gasteiger partial charge in [-0.3, -0.25) is 9.69 Å². The van der Waals surface area contributed by atoms with Gasteiger partial charge in [-0.25, -0.2) is 0 Å². The first kappa shape index (κ1) is 15.7. The van der Waals surface area contributed by atoms with Crippen molar-refractivity contribution in [1.82, 2.24) is 10.2 Å². The van der Waals surface area contributed by atoms with Crippen molar-refractivity contribution in [2.24, 2.45) is 0 Å². The van der Waals surface area contributed by atoms with Crippen LogP contribution in [0.15, 0.2) is 60.7 Å². The molecule has 0 bridgehead atoms. The Kier molecular flexibility index (Phi) is 4.46. The van der Waals surface area contributed by atoms with Crippen LogP contribution in [-0.4, -0.2) is 34.1 Å². The van der Waals surface area contributed by atoms with E-state index in [2.05, 4.69) is 34.5 Å². The van der Waals surface area contributed by atoms with Gasteiger partial charge in [0.1, 0.15) is 0 Å². The van der Waals surface area contributed by atoms with Crippen LogP contribution < -0.4 is 5.32 Å². The van der Waals surface area contributed by atoms with E-state index >= 15 is 0 Å². The number of nitrogens with zero attached hydrogens (tertiary/aromatic N) is 1. The van der Waals surface area contributed by atoms with Gasteiger partial charge in [0.25, 0.3) is 5.91 Å². The molecule has 1 fully saturated rings. The van der Waals surface area contributed by atoms with Crippen LogP contribution in [0.3, 0.4) is 0 Å². The Bertz CT molecular complexity index is 618. The van der Waals surface area contributed by atoms with E-state index in [4.69, 9.17) is 0 Å². The minimum atomic E-state index is -1.30. The van der Waals surface area contributed by atoms with E-state index in [-0.39, 0.29) is 11.9 Å². The summed E-state index contributed by atoms with van der Waals surface area (Å²) >= 11 is 0. The number of carbonyl (C=O) groups is 1. The van der Waals surface area contributed by atoms with Crippen molar-refractivity contribution in [3.8, 4) is 0 Å². The number of benzene rings is 2. The lowest BCUT2D eigenvalue weighted by molar-refractivity contribution is -0.162.